The Morgan fingerprint density at radius 2 is 2.17 bits per heavy atom. The van der Waals surface area contributed by atoms with E-state index in [1.807, 2.05) is 19.0 Å². The molecule has 1 aromatic heterocycles. The molecule has 0 bridgehead atoms. The van der Waals surface area contributed by atoms with Gasteiger partial charge in [-0.05, 0) is 26.9 Å². The van der Waals surface area contributed by atoms with Crippen molar-refractivity contribution in [1.82, 2.24) is 15.0 Å². The maximum absolute atomic E-state index is 11.2. The predicted octanol–water partition coefficient (Wildman–Crippen LogP) is 1.49. The quantitative estimate of drug-likeness (QED) is 0.875. The van der Waals surface area contributed by atoms with Gasteiger partial charge >= 0.3 is 5.97 Å². The van der Waals surface area contributed by atoms with Gasteiger partial charge in [0.2, 0.25) is 5.89 Å². The molecule has 2 rings (SSSR count). The number of rotatable bonds is 4. The molecule has 6 heteroatoms. The highest BCUT2D eigenvalue weighted by Gasteiger charge is 2.35. The summed E-state index contributed by atoms with van der Waals surface area (Å²) in [6, 6.07) is 0. The lowest BCUT2D eigenvalue weighted by Gasteiger charge is -2.25. The van der Waals surface area contributed by atoms with Crippen LogP contribution in [0.1, 0.15) is 43.3 Å². The summed E-state index contributed by atoms with van der Waals surface area (Å²) in [7, 11) is 3.85. The molecule has 0 amide bonds. The Morgan fingerprint density at radius 1 is 1.44 bits per heavy atom. The number of aliphatic carboxylic acids is 1. The highest BCUT2D eigenvalue weighted by molar-refractivity contribution is 5.71. The molecule has 18 heavy (non-hydrogen) atoms. The highest BCUT2D eigenvalue weighted by Crippen LogP contribution is 2.37. The van der Waals surface area contributed by atoms with Crippen LogP contribution in [-0.2, 0) is 11.3 Å². The minimum Gasteiger partial charge on any atom is -0.481 e. The van der Waals surface area contributed by atoms with E-state index in [4.69, 9.17) is 4.52 Å². The van der Waals surface area contributed by atoms with E-state index in [1.165, 1.54) is 0 Å². The third-order valence-corrected chi connectivity index (χ3v) is 3.34. The number of carboxylic acids is 1. The van der Waals surface area contributed by atoms with Crippen LogP contribution in [0, 0.1) is 5.92 Å². The lowest BCUT2D eigenvalue weighted by Crippen LogP contribution is -2.25. The summed E-state index contributed by atoms with van der Waals surface area (Å²) in [6.07, 6.45) is 3.51. The van der Waals surface area contributed by atoms with Gasteiger partial charge in [0.05, 0.1) is 18.4 Å². The van der Waals surface area contributed by atoms with E-state index in [9.17, 15) is 9.90 Å². The summed E-state index contributed by atoms with van der Waals surface area (Å²) in [4.78, 5) is 17.5. The number of aromatic nitrogens is 2. The van der Waals surface area contributed by atoms with Crippen molar-refractivity contribution in [1.29, 1.82) is 0 Å². The van der Waals surface area contributed by atoms with Crippen molar-refractivity contribution in [3.63, 3.8) is 0 Å². The lowest BCUT2D eigenvalue weighted by atomic mass is 9.79. The molecule has 0 saturated heterocycles. The molecule has 1 heterocycles. The SMILES string of the molecule is CN(C)Cc1noc(C2CCCCC2C(=O)O)n1. The molecule has 0 aliphatic heterocycles. The van der Waals surface area contributed by atoms with Gasteiger partial charge in [0, 0.05) is 0 Å². The third-order valence-electron chi connectivity index (χ3n) is 3.34. The first-order chi connectivity index (χ1) is 8.58. The van der Waals surface area contributed by atoms with Crippen molar-refractivity contribution in [2.45, 2.75) is 38.1 Å². The monoisotopic (exact) mass is 253 g/mol. The standard InChI is InChI=1S/C12H19N3O3/c1-15(2)7-10-13-11(18-14-10)8-5-3-4-6-9(8)12(16)17/h8-9H,3-7H2,1-2H3,(H,16,17). The molecule has 1 aromatic rings. The first kappa shape index (κ1) is 13.0. The van der Waals surface area contributed by atoms with Crippen molar-refractivity contribution in [3.8, 4) is 0 Å². The third kappa shape index (κ3) is 2.87. The number of hydrogen-bond donors (Lipinski definition) is 1. The molecule has 1 N–H and O–H groups in total. The van der Waals surface area contributed by atoms with E-state index < -0.39 is 5.97 Å². The van der Waals surface area contributed by atoms with Crippen LogP contribution in [-0.4, -0.2) is 40.2 Å². The Balaban J connectivity index is 2.13. The largest absolute Gasteiger partial charge is 0.481 e. The fraction of sp³-hybridized carbons (Fsp3) is 0.750. The molecule has 100 valence electrons. The van der Waals surface area contributed by atoms with Gasteiger partial charge in [-0.25, -0.2) is 0 Å². The normalized spacial score (nSPS) is 24.4. The molecule has 6 nitrogen and oxygen atoms in total. The van der Waals surface area contributed by atoms with Crippen LogP contribution in [0.2, 0.25) is 0 Å². The van der Waals surface area contributed by atoms with E-state index in [0.29, 0.717) is 24.7 Å². The van der Waals surface area contributed by atoms with Crippen LogP contribution in [0.3, 0.4) is 0 Å². The summed E-state index contributed by atoms with van der Waals surface area (Å²) >= 11 is 0. The molecule has 0 aromatic carbocycles. The summed E-state index contributed by atoms with van der Waals surface area (Å²) in [6.45, 7) is 0.605. The van der Waals surface area contributed by atoms with Crippen LogP contribution in [0.25, 0.3) is 0 Å². The second-order valence-corrected chi connectivity index (χ2v) is 5.12. The molecule has 1 aliphatic carbocycles. The lowest BCUT2D eigenvalue weighted by molar-refractivity contribution is -0.143. The van der Waals surface area contributed by atoms with Crippen molar-refractivity contribution in [2.24, 2.45) is 5.92 Å². The smallest absolute Gasteiger partial charge is 0.307 e. The van der Waals surface area contributed by atoms with Crippen LogP contribution < -0.4 is 0 Å². The van der Waals surface area contributed by atoms with Crippen LogP contribution >= 0.6 is 0 Å². The average Bonchev–Trinajstić information content (AvgIpc) is 2.76. The Hall–Kier alpha value is -1.43. The number of carbonyl (C=O) groups is 1. The van der Waals surface area contributed by atoms with E-state index in [1.54, 1.807) is 0 Å². The number of hydrogen-bond acceptors (Lipinski definition) is 5. The maximum Gasteiger partial charge on any atom is 0.307 e. The maximum atomic E-state index is 11.2. The second-order valence-electron chi connectivity index (χ2n) is 5.12. The Kier molecular flexibility index (Phi) is 3.96. The van der Waals surface area contributed by atoms with Gasteiger partial charge in [-0.1, -0.05) is 18.0 Å². The topological polar surface area (TPSA) is 79.5 Å². The molecule has 0 radical (unpaired) electrons. The van der Waals surface area contributed by atoms with Crippen molar-refractivity contribution < 1.29 is 14.4 Å². The predicted molar refractivity (Wildman–Crippen MR) is 64.0 cm³/mol. The van der Waals surface area contributed by atoms with E-state index >= 15 is 0 Å². The molecule has 1 saturated carbocycles. The molecule has 2 atom stereocenters. The molecular weight excluding hydrogens is 234 g/mol. The minimum atomic E-state index is -0.757. The summed E-state index contributed by atoms with van der Waals surface area (Å²) in [5.74, 6) is -0.165. The molecule has 1 aliphatic rings. The molecule has 2 unspecified atom stereocenters. The van der Waals surface area contributed by atoms with Gasteiger partial charge in [-0.15, -0.1) is 0 Å². The van der Waals surface area contributed by atoms with Gasteiger partial charge in [-0.2, -0.15) is 4.98 Å². The average molecular weight is 253 g/mol. The highest BCUT2D eigenvalue weighted by atomic mass is 16.5. The van der Waals surface area contributed by atoms with Crippen molar-refractivity contribution >= 4 is 5.97 Å². The number of carboxylic acid groups (broad SMARTS) is 1. The minimum absolute atomic E-state index is 0.125. The van der Waals surface area contributed by atoms with Gasteiger partial charge in [0.15, 0.2) is 5.82 Å². The Morgan fingerprint density at radius 3 is 2.83 bits per heavy atom. The van der Waals surface area contributed by atoms with Gasteiger partial charge in [-0.3, -0.25) is 4.79 Å². The molecule has 0 spiro atoms. The van der Waals surface area contributed by atoms with Gasteiger partial charge < -0.3 is 14.5 Å². The van der Waals surface area contributed by atoms with Gasteiger partial charge in [0.1, 0.15) is 0 Å². The summed E-state index contributed by atoms with van der Waals surface area (Å²) in [5.41, 5.74) is 0. The van der Waals surface area contributed by atoms with Crippen LogP contribution in [0.15, 0.2) is 4.52 Å². The Labute approximate surface area is 106 Å². The zero-order chi connectivity index (χ0) is 13.1. The Bertz CT molecular complexity index is 416. The van der Waals surface area contributed by atoms with E-state index in [-0.39, 0.29) is 11.8 Å². The van der Waals surface area contributed by atoms with Crippen molar-refractivity contribution in [3.05, 3.63) is 11.7 Å². The molecular formula is C12H19N3O3. The summed E-state index contributed by atoms with van der Waals surface area (Å²) in [5, 5.41) is 13.1. The van der Waals surface area contributed by atoms with Crippen molar-refractivity contribution in [2.75, 3.05) is 14.1 Å². The van der Waals surface area contributed by atoms with Crippen LogP contribution in [0.5, 0.6) is 0 Å². The molecule has 1 fully saturated rings. The fourth-order valence-corrected chi connectivity index (χ4v) is 2.49. The summed E-state index contributed by atoms with van der Waals surface area (Å²) < 4.78 is 5.23. The van der Waals surface area contributed by atoms with E-state index in [2.05, 4.69) is 10.1 Å². The fourth-order valence-electron chi connectivity index (χ4n) is 2.49. The van der Waals surface area contributed by atoms with E-state index in [0.717, 1.165) is 19.3 Å². The first-order valence-corrected chi connectivity index (χ1v) is 6.28. The number of nitrogens with zero attached hydrogens (tertiary/aromatic N) is 3. The second kappa shape index (κ2) is 5.48. The zero-order valence-electron chi connectivity index (χ0n) is 10.8. The zero-order valence-corrected chi connectivity index (χ0v) is 10.8. The first-order valence-electron chi connectivity index (χ1n) is 6.28. The van der Waals surface area contributed by atoms with Crippen LogP contribution in [0.4, 0.5) is 0 Å². The van der Waals surface area contributed by atoms with Gasteiger partial charge in [0.25, 0.3) is 0 Å².